The van der Waals surface area contributed by atoms with Crippen molar-refractivity contribution in [3.05, 3.63) is 29.3 Å². The van der Waals surface area contributed by atoms with E-state index in [4.69, 9.17) is 4.74 Å². The number of anilines is 1. The van der Waals surface area contributed by atoms with E-state index in [2.05, 4.69) is 5.32 Å². The van der Waals surface area contributed by atoms with Crippen LogP contribution in [0.25, 0.3) is 0 Å². The topological polar surface area (TPSA) is 55.4 Å². The Morgan fingerprint density at radius 2 is 1.70 bits per heavy atom. The first-order chi connectivity index (χ1) is 9.19. The maximum atomic E-state index is 11.8. The summed E-state index contributed by atoms with van der Waals surface area (Å²) in [6.07, 6.45) is 0.295. The number of para-hydroxylation sites is 1. The Balaban J connectivity index is 2.51. The standard InChI is InChI=1S/C16H23NO3/c1-11-7-6-8-12(2)15(11)17-13(18)10-20-14(19)9-16(3,4)5/h6-8H,9-10H2,1-5H3,(H,17,18). The van der Waals surface area contributed by atoms with Crippen LogP contribution >= 0.6 is 0 Å². The molecule has 20 heavy (non-hydrogen) atoms. The van der Waals surface area contributed by atoms with Gasteiger partial charge in [0, 0.05) is 5.69 Å². The summed E-state index contributed by atoms with van der Waals surface area (Å²) in [7, 11) is 0. The van der Waals surface area contributed by atoms with Gasteiger partial charge < -0.3 is 10.1 Å². The van der Waals surface area contributed by atoms with Gasteiger partial charge in [0.15, 0.2) is 6.61 Å². The zero-order chi connectivity index (χ0) is 15.3. The van der Waals surface area contributed by atoms with Crippen LogP contribution in [0.4, 0.5) is 5.69 Å². The molecule has 1 amide bonds. The quantitative estimate of drug-likeness (QED) is 0.860. The fourth-order valence-corrected chi connectivity index (χ4v) is 1.82. The molecule has 0 spiro atoms. The van der Waals surface area contributed by atoms with Crippen LogP contribution in [0.1, 0.15) is 38.3 Å². The van der Waals surface area contributed by atoms with Gasteiger partial charge in [0.2, 0.25) is 0 Å². The minimum atomic E-state index is -0.353. The Morgan fingerprint density at radius 1 is 1.15 bits per heavy atom. The van der Waals surface area contributed by atoms with Crippen LogP contribution < -0.4 is 5.32 Å². The predicted octanol–water partition coefficient (Wildman–Crippen LogP) is 3.22. The van der Waals surface area contributed by atoms with Crippen LogP contribution in [0.2, 0.25) is 0 Å². The van der Waals surface area contributed by atoms with Crippen LogP contribution in [0.15, 0.2) is 18.2 Å². The number of ether oxygens (including phenoxy) is 1. The smallest absolute Gasteiger partial charge is 0.306 e. The number of esters is 1. The molecule has 0 atom stereocenters. The molecule has 0 bridgehead atoms. The number of hydrogen-bond donors (Lipinski definition) is 1. The van der Waals surface area contributed by atoms with E-state index < -0.39 is 0 Å². The molecule has 0 aliphatic carbocycles. The third-order valence-electron chi connectivity index (χ3n) is 2.78. The lowest BCUT2D eigenvalue weighted by Gasteiger charge is -2.16. The zero-order valence-corrected chi connectivity index (χ0v) is 12.9. The van der Waals surface area contributed by atoms with E-state index in [0.717, 1.165) is 16.8 Å². The molecule has 0 heterocycles. The van der Waals surface area contributed by atoms with Gasteiger partial charge in [-0.15, -0.1) is 0 Å². The number of hydrogen-bond acceptors (Lipinski definition) is 3. The highest BCUT2D eigenvalue weighted by atomic mass is 16.5. The molecule has 1 aromatic rings. The zero-order valence-electron chi connectivity index (χ0n) is 12.9. The van der Waals surface area contributed by atoms with E-state index >= 15 is 0 Å². The van der Waals surface area contributed by atoms with Crippen LogP contribution in [-0.4, -0.2) is 18.5 Å². The molecule has 1 rings (SSSR count). The number of amides is 1. The van der Waals surface area contributed by atoms with Gasteiger partial charge >= 0.3 is 5.97 Å². The van der Waals surface area contributed by atoms with Gasteiger partial charge in [0.1, 0.15) is 0 Å². The highest BCUT2D eigenvalue weighted by molar-refractivity contribution is 5.94. The molecule has 0 aliphatic heterocycles. The van der Waals surface area contributed by atoms with E-state index in [9.17, 15) is 9.59 Å². The average Bonchev–Trinajstić information content (AvgIpc) is 2.29. The second-order valence-corrected chi connectivity index (χ2v) is 6.21. The van der Waals surface area contributed by atoms with Crippen molar-refractivity contribution in [2.75, 3.05) is 11.9 Å². The lowest BCUT2D eigenvalue weighted by Crippen LogP contribution is -2.23. The monoisotopic (exact) mass is 277 g/mol. The maximum absolute atomic E-state index is 11.8. The molecule has 0 radical (unpaired) electrons. The molecule has 0 unspecified atom stereocenters. The number of aryl methyl sites for hydroxylation is 2. The summed E-state index contributed by atoms with van der Waals surface area (Å²) >= 11 is 0. The van der Waals surface area contributed by atoms with Crippen molar-refractivity contribution in [2.45, 2.75) is 41.0 Å². The molecule has 0 aromatic heterocycles. The first kappa shape index (κ1) is 16.2. The van der Waals surface area contributed by atoms with Crippen molar-refractivity contribution in [1.29, 1.82) is 0 Å². The fourth-order valence-electron chi connectivity index (χ4n) is 1.82. The number of benzene rings is 1. The Hall–Kier alpha value is -1.84. The summed E-state index contributed by atoms with van der Waals surface area (Å²) in [5.74, 6) is -0.668. The van der Waals surface area contributed by atoms with Crippen LogP contribution in [0.5, 0.6) is 0 Å². The van der Waals surface area contributed by atoms with E-state index in [1.54, 1.807) is 0 Å². The minimum absolute atomic E-state index is 0.139. The lowest BCUT2D eigenvalue weighted by atomic mass is 9.92. The molecular weight excluding hydrogens is 254 g/mol. The summed E-state index contributed by atoms with van der Waals surface area (Å²) in [6.45, 7) is 9.45. The third-order valence-corrected chi connectivity index (χ3v) is 2.78. The number of nitrogens with one attached hydrogen (secondary N) is 1. The van der Waals surface area contributed by atoms with E-state index in [1.165, 1.54) is 0 Å². The third kappa shape index (κ3) is 5.43. The van der Waals surface area contributed by atoms with Crippen LogP contribution in [-0.2, 0) is 14.3 Å². The second-order valence-electron chi connectivity index (χ2n) is 6.21. The molecular formula is C16H23NO3. The molecule has 0 fully saturated rings. The van der Waals surface area contributed by atoms with Crippen LogP contribution in [0.3, 0.4) is 0 Å². The summed E-state index contributed by atoms with van der Waals surface area (Å²) < 4.78 is 4.98. The van der Waals surface area contributed by atoms with Gasteiger partial charge in [-0.3, -0.25) is 9.59 Å². The normalized spacial score (nSPS) is 11.1. The number of carbonyl (C=O) groups excluding carboxylic acids is 2. The molecule has 4 nitrogen and oxygen atoms in total. The first-order valence-electron chi connectivity index (χ1n) is 6.71. The summed E-state index contributed by atoms with van der Waals surface area (Å²) in [5.41, 5.74) is 2.61. The molecule has 0 saturated carbocycles. The molecule has 1 aromatic carbocycles. The largest absolute Gasteiger partial charge is 0.456 e. The summed E-state index contributed by atoms with van der Waals surface area (Å²) in [6, 6.07) is 5.78. The van der Waals surface area contributed by atoms with Crippen molar-refractivity contribution >= 4 is 17.6 Å². The highest BCUT2D eigenvalue weighted by Crippen LogP contribution is 2.20. The van der Waals surface area contributed by atoms with Gasteiger partial charge in [-0.25, -0.2) is 0 Å². The van der Waals surface area contributed by atoms with Gasteiger partial charge in [-0.05, 0) is 30.4 Å². The van der Waals surface area contributed by atoms with Crippen molar-refractivity contribution in [3.8, 4) is 0 Å². The number of rotatable bonds is 4. The van der Waals surface area contributed by atoms with E-state index in [0.29, 0.717) is 6.42 Å². The van der Waals surface area contributed by atoms with Crippen molar-refractivity contribution < 1.29 is 14.3 Å². The SMILES string of the molecule is Cc1cccc(C)c1NC(=O)COC(=O)CC(C)(C)C. The minimum Gasteiger partial charge on any atom is -0.456 e. The molecule has 110 valence electrons. The van der Waals surface area contributed by atoms with Gasteiger partial charge in [0.25, 0.3) is 5.91 Å². The van der Waals surface area contributed by atoms with Crippen molar-refractivity contribution in [2.24, 2.45) is 5.41 Å². The lowest BCUT2D eigenvalue weighted by molar-refractivity contribution is -0.149. The van der Waals surface area contributed by atoms with E-state index in [-0.39, 0.29) is 23.9 Å². The Kier molecular flexibility index (Phi) is 5.31. The maximum Gasteiger partial charge on any atom is 0.306 e. The number of carbonyl (C=O) groups is 2. The molecule has 0 saturated heterocycles. The van der Waals surface area contributed by atoms with Gasteiger partial charge in [-0.2, -0.15) is 0 Å². The van der Waals surface area contributed by atoms with Gasteiger partial charge in [0.05, 0.1) is 6.42 Å². The molecule has 0 aliphatic rings. The van der Waals surface area contributed by atoms with Gasteiger partial charge in [-0.1, -0.05) is 39.0 Å². The molecule has 4 heteroatoms. The summed E-state index contributed by atoms with van der Waals surface area (Å²) in [5, 5.41) is 2.78. The predicted molar refractivity (Wildman–Crippen MR) is 79.6 cm³/mol. The summed E-state index contributed by atoms with van der Waals surface area (Å²) in [4.78, 5) is 23.3. The van der Waals surface area contributed by atoms with Crippen LogP contribution in [0, 0.1) is 19.3 Å². The fraction of sp³-hybridized carbons (Fsp3) is 0.500. The average molecular weight is 277 g/mol. The van der Waals surface area contributed by atoms with Crippen molar-refractivity contribution in [3.63, 3.8) is 0 Å². The Labute approximate surface area is 120 Å². The second kappa shape index (κ2) is 6.55. The highest BCUT2D eigenvalue weighted by Gasteiger charge is 2.18. The molecule has 1 N–H and O–H groups in total. The van der Waals surface area contributed by atoms with Crippen molar-refractivity contribution in [1.82, 2.24) is 0 Å². The first-order valence-corrected chi connectivity index (χ1v) is 6.71. The van der Waals surface area contributed by atoms with E-state index in [1.807, 2.05) is 52.8 Å². The Bertz CT molecular complexity index is 481. The Morgan fingerprint density at radius 3 is 2.20 bits per heavy atom.